The third-order valence-corrected chi connectivity index (χ3v) is 4.57. The number of guanidine groups is 1. The lowest BCUT2D eigenvalue weighted by atomic mass is 10.0. The predicted molar refractivity (Wildman–Crippen MR) is 122 cm³/mol. The maximum absolute atomic E-state index is 9.22. The highest BCUT2D eigenvalue weighted by Gasteiger charge is 2.12. The monoisotopic (exact) mass is 495 g/mol. The van der Waals surface area contributed by atoms with Gasteiger partial charge in [0.1, 0.15) is 0 Å². The molecule has 1 atom stereocenters. The Balaban J connectivity index is 0.00000676. The second-order valence-corrected chi connectivity index (χ2v) is 6.61. The molecule has 1 unspecified atom stereocenters. The fourth-order valence-electron chi connectivity index (χ4n) is 3.04. The highest BCUT2D eigenvalue weighted by molar-refractivity contribution is 14.0. The third kappa shape index (κ3) is 9.25. The molecule has 158 valence electrons. The van der Waals surface area contributed by atoms with E-state index in [-0.39, 0.29) is 30.6 Å². The van der Waals surface area contributed by atoms with Crippen molar-refractivity contribution in [2.24, 2.45) is 10.9 Å². The van der Waals surface area contributed by atoms with Crippen LogP contribution >= 0.6 is 24.0 Å². The second kappa shape index (κ2) is 15.1. The lowest BCUT2D eigenvalue weighted by Gasteiger charge is -2.18. The number of aliphatic imine (C=N–C) groups is 1. The summed E-state index contributed by atoms with van der Waals surface area (Å²) >= 11 is 0. The van der Waals surface area contributed by atoms with Gasteiger partial charge in [0.25, 0.3) is 0 Å². The first kappa shape index (κ1) is 26.1. The molecule has 27 heavy (non-hydrogen) atoms. The first-order valence-electron chi connectivity index (χ1n) is 9.72. The van der Waals surface area contributed by atoms with Crippen molar-refractivity contribution >= 4 is 29.9 Å². The number of halogens is 1. The van der Waals surface area contributed by atoms with Crippen LogP contribution in [0, 0.1) is 19.8 Å². The quantitative estimate of drug-likeness (QED) is 0.236. The molecule has 0 fully saturated rings. The van der Waals surface area contributed by atoms with Crippen LogP contribution in [-0.4, -0.2) is 54.3 Å². The molecule has 8 heteroatoms. The van der Waals surface area contributed by atoms with Gasteiger partial charge in [-0.1, -0.05) is 13.3 Å². The summed E-state index contributed by atoms with van der Waals surface area (Å²) in [5, 5.41) is 20.5. The van der Waals surface area contributed by atoms with Crippen molar-refractivity contribution in [2.75, 3.05) is 33.4 Å². The van der Waals surface area contributed by atoms with Gasteiger partial charge in [-0.25, -0.2) is 4.99 Å². The molecule has 7 nitrogen and oxygen atoms in total. The normalized spacial score (nSPS) is 12.6. The minimum atomic E-state index is 0. The zero-order chi connectivity index (χ0) is 19.4. The molecule has 0 saturated carbocycles. The Morgan fingerprint density at radius 3 is 2.59 bits per heavy atom. The van der Waals surface area contributed by atoms with E-state index in [9.17, 15) is 5.11 Å². The number of aryl methyl sites for hydroxylation is 1. The van der Waals surface area contributed by atoms with Crippen molar-refractivity contribution in [1.29, 1.82) is 0 Å². The fraction of sp³-hybridized carbons (Fsp3) is 0.789. The maximum Gasteiger partial charge on any atom is 0.191 e. The number of aromatic nitrogens is 2. The number of hydrogen-bond acceptors (Lipinski definition) is 4. The standard InChI is InChI=1S/C19H37N5O2.HI/c1-6-8-17(9-11-25)13-21-19(20-7-2)22-14-18-15(3)23-24(16(18)4)10-12-26-5;/h17,25H,6-14H2,1-5H3,(H2,20,21,22);1H. The number of nitrogens with zero attached hydrogens (tertiary/aromatic N) is 3. The topological polar surface area (TPSA) is 83.7 Å². The van der Waals surface area contributed by atoms with Gasteiger partial charge in [-0.15, -0.1) is 24.0 Å². The van der Waals surface area contributed by atoms with Crippen LogP contribution in [0.1, 0.15) is 50.1 Å². The Hall–Kier alpha value is -0.870. The molecule has 0 aromatic carbocycles. The Morgan fingerprint density at radius 1 is 1.26 bits per heavy atom. The average molecular weight is 495 g/mol. The third-order valence-electron chi connectivity index (χ3n) is 4.57. The summed E-state index contributed by atoms with van der Waals surface area (Å²) in [6, 6.07) is 0. The van der Waals surface area contributed by atoms with Crippen LogP contribution in [0.25, 0.3) is 0 Å². The minimum absolute atomic E-state index is 0. The molecular formula is C19H38IN5O2. The Kier molecular flexibility index (Phi) is 14.6. The first-order chi connectivity index (χ1) is 12.6. The van der Waals surface area contributed by atoms with Crippen molar-refractivity contribution in [2.45, 2.75) is 60.0 Å². The molecule has 0 amide bonds. The lowest BCUT2D eigenvalue weighted by molar-refractivity contribution is 0.182. The van der Waals surface area contributed by atoms with Crippen LogP contribution in [0.15, 0.2) is 4.99 Å². The molecule has 0 saturated heterocycles. The fourth-order valence-corrected chi connectivity index (χ4v) is 3.04. The van der Waals surface area contributed by atoms with Crippen molar-refractivity contribution in [3.05, 3.63) is 17.0 Å². The van der Waals surface area contributed by atoms with Gasteiger partial charge < -0.3 is 20.5 Å². The molecule has 1 aromatic rings. The molecule has 3 N–H and O–H groups in total. The van der Waals surface area contributed by atoms with Crippen LogP contribution in [0.4, 0.5) is 0 Å². The van der Waals surface area contributed by atoms with Crippen LogP contribution in [0.2, 0.25) is 0 Å². The number of aliphatic hydroxyl groups excluding tert-OH is 1. The zero-order valence-corrected chi connectivity index (χ0v) is 19.9. The number of methoxy groups -OCH3 is 1. The highest BCUT2D eigenvalue weighted by Crippen LogP contribution is 2.14. The van der Waals surface area contributed by atoms with Crippen molar-refractivity contribution in [3.63, 3.8) is 0 Å². The summed E-state index contributed by atoms with van der Waals surface area (Å²) in [5.74, 6) is 1.28. The van der Waals surface area contributed by atoms with Crippen LogP contribution < -0.4 is 10.6 Å². The van der Waals surface area contributed by atoms with Crippen LogP contribution in [-0.2, 0) is 17.8 Å². The van der Waals surface area contributed by atoms with Crippen LogP contribution in [0.5, 0.6) is 0 Å². The minimum Gasteiger partial charge on any atom is -0.396 e. The number of hydrogen-bond donors (Lipinski definition) is 3. The average Bonchev–Trinajstić information content (AvgIpc) is 2.89. The van der Waals surface area contributed by atoms with Crippen molar-refractivity contribution < 1.29 is 9.84 Å². The van der Waals surface area contributed by atoms with E-state index >= 15 is 0 Å². The number of aliphatic hydroxyl groups is 1. The summed E-state index contributed by atoms with van der Waals surface area (Å²) < 4.78 is 7.14. The molecule has 0 bridgehead atoms. The summed E-state index contributed by atoms with van der Waals surface area (Å²) in [6.45, 7) is 12.2. The van der Waals surface area contributed by atoms with E-state index in [1.165, 1.54) is 5.56 Å². The van der Waals surface area contributed by atoms with E-state index in [1.54, 1.807) is 7.11 Å². The summed E-state index contributed by atoms with van der Waals surface area (Å²) in [4.78, 5) is 4.74. The van der Waals surface area contributed by atoms with Crippen LogP contribution in [0.3, 0.4) is 0 Å². The molecule has 0 radical (unpaired) electrons. The molecule has 0 aliphatic heterocycles. The Morgan fingerprint density at radius 2 is 2.00 bits per heavy atom. The molecule has 1 heterocycles. The largest absolute Gasteiger partial charge is 0.396 e. The summed E-state index contributed by atoms with van der Waals surface area (Å²) in [7, 11) is 1.70. The van der Waals surface area contributed by atoms with Gasteiger partial charge in [-0.05, 0) is 39.5 Å². The van der Waals surface area contributed by atoms with E-state index in [0.29, 0.717) is 19.1 Å². The SMILES string of the molecule is CCCC(CCO)CNC(=NCc1c(C)nn(CCOC)c1C)NCC.I. The van der Waals surface area contributed by atoms with E-state index in [4.69, 9.17) is 9.73 Å². The summed E-state index contributed by atoms with van der Waals surface area (Å²) in [6.07, 6.45) is 3.06. The molecule has 1 rings (SSSR count). The number of ether oxygens (including phenoxy) is 1. The molecule has 0 spiro atoms. The van der Waals surface area contributed by atoms with Gasteiger partial charge in [0.2, 0.25) is 0 Å². The number of nitrogens with one attached hydrogen (secondary N) is 2. The van der Waals surface area contributed by atoms with Crippen molar-refractivity contribution in [1.82, 2.24) is 20.4 Å². The first-order valence-corrected chi connectivity index (χ1v) is 9.72. The zero-order valence-electron chi connectivity index (χ0n) is 17.5. The predicted octanol–water partition coefficient (Wildman–Crippen LogP) is 2.62. The Labute approximate surface area is 181 Å². The van der Waals surface area contributed by atoms with Gasteiger partial charge in [-0.2, -0.15) is 5.10 Å². The van der Waals surface area contributed by atoms with E-state index in [0.717, 1.165) is 56.2 Å². The smallest absolute Gasteiger partial charge is 0.191 e. The van der Waals surface area contributed by atoms with Gasteiger partial charge in [0.05, 0.1) is 25.4 Å². The van der Waals surface area contributed by atoms with Gasteiger partial charge in [-0.3, -0.25) is 4.68 Å². The van der Waals surface area contributed by atoms with Crippen molar-refractivity contribution in [3.8, 4) is 0 Å². The van der Waals surface area contributed by atoms with Gasteiger partial charge in [0.15, 0.2) is 5.96 Å². The maximum atomic E-state index is 9.22. The molecular weight excluding hydrogens is 457 g/mol. The van der Waals surface area contributed by atoms with E-state index in [2.05, 4.69) is 36.5 Å². The lowest BCUT2D eigenvalue weighted by Crippen LogP contribution is -2.40. The van der Waals surface area contributed by atoms with E-state index < -0.39 is 0 Å². The second-order valence-electron chi connectivity index (χ2n) is 6.61. The van der Waals surface area contributed by atoms with Gasteiger partial charge >= 0.3 is 0 Å². The summed E-state index contributed by atoms with van der Waals surface area (Å²) in [5.41, 5.74) is 3.32. The van der Waals surface area contributed by atoms with Gasteiger partial charge in [0, 0.05) is 38.1 Å². The molecule has 0 aliphatic rings. The van der Waals surface area contributed by atoms with E-state index in [1.807, 2.05) is 11.6 Å². The molecule has 1 aromatic heterocycles. The number of rotatable bonds is 12. The highest BCUT2D eigenvalue weighted by atomic mass is 127. The molecule has 0 aliphatic carbocycles. The Bertz CT molecular complexity index is 542.